The molecule has 4 nitrogen and oxygen atoms in total. The van der Waals surface area contributed by atoms with Crippen molar-refractivity contribution in [3.8, 4) is 0 Å². The van der Waals surface area contributed by atoms with E-state index >= 15 is 0 Å². The zero-order valence-electron chi connectivity index (χ0n) is 12.2. The fourth-order valence-electron chi connectivity index (χ4n) is 2.88. The Morgan fingerprint density at radius 2 is 2.05 bits per heavy atom. The van der Waals surface area contributed by atoms with Crippen LogP contribution < -0.4 is 0 Å². The summed E-state index contributed by atoms with van der Waals surface area (Å²) in [6, 6.07) is 7.45. The number of aliphatic hydroxyl groups is 1. The van der Waals surface area contributed by atoms with Gasteiger partial charge in [-0.2, -0.15) is 0 Å². The van der Waals surface area contributed by atoms with E-state index in [0.717, 1.165) is 18.4 Å². The van der Waals surface area contributed by atoms with Gasteiger partial charge in [0.2, 0.25) is 10.0 Å². The van der Waals surface area contributed by atoms with E-state index < -0.39 is 16.1 Å². The van der Waals surface area contributed by atoms with Crippen molar-refractivity contribution in [3.05, 3.63) is 34.9 Å². The number of hydrogen-bond donors (Lipinski definition) is 1. The maximum Gasteiger partial charge on any atom is 0.211 e. The number of rotatable bonds is 5. The maximum atomic E-state index is 11.6. The van der Waals surface area contributed by atoms with Gasteiger partial charge in [0.05, 0.1) is 12.4 Å². The molecule has 0 saturated carbocycles. The lowest BCUT2D eigenvalue weighted by Gasteiger charge is -2.32. The zero-order valence-corrected chi connectivity index (χ0v) is 13.8. The van der Waals surface area contributed by atoms with Gasteiger partial charge in [-0.05, 0) is 49.3 Å². The number of hydrogen-bond acceptors (Lipinski definition) is 3. The molecule has 0 aliphatic carbocycles. The van der Waals surface area contributed by atoms with Crippen LogP contribution in [-0.4, -0.2) is 43.3 Å². The third-order valence-electron chi connectivity index (χ3n) is 3.94. The number of sulfonamides is 1. The van der Waals surface area contributed by atoms with Crippen molar-refractivity contribution in [2.75, 3.05) is 19.3 Å². The van der Waals surface area contributed by atoms with Crippen LogP contribution in [0, 0.1) is 5.92 Å². The summed E-state index contributed by atoms with van der Waals surface area (Å²) in [5.41, 5.74) is 1.04. The summed E-state index contributed by atoms with van der Waals surface area (Å²) >= 11 is 5.84. The lowest BCUT2D eigenvalue weighted by atomic mass is 9.91. The molecule has 0 aromatic heterocycles. The molecule has 1 fully saturated rings. The van der Waals surface area contributed by atoms with Gasteiger partial charge in [0.1, 0.15) is 0 Å². The molecule has 1 N–H and O–H groups in total. The summed E-state index contributed by atoms with van der Waals surface area (Å²) < 4.78 is 24.7. The minimum Gasteiger partial charge on any atom is -0.393 e. The average molecular weight is 332 g/mol. The summed E-state index contributed by atoms with van der Waals surface area (Å²) in [7, 11) is -3.12. The fraction of sp³-hybridized carbons (Fsp3) is 0.600. The van der Waals surface area contributed by atoms with Crippen LogP contribution in [0.25, 0.3) is 0 Å². The predicted molar refractivity (Wildman–Crippen MR) is 84.9 cm³/mol. The van der Waals surface area contributed by atoms with Gasteiger partial charge >= 0.3 is 0 Å². The first kappa shape index (κ1) is 16.7. The van der Waals surface area contributed by atoms with Crippen LogP contribution >= 0.6 is 11.6 Å². The first-order chi connectivity index (χ1) is 9.84. The fourth-order valence-corrected chi connectivity index (χ4v) is 3.95. The maximum absolute atomic E-state index is 11.6. The highest BCUT2D eigenvalue weighted by atomic mass is 35.5. The smallest absolute Gasteiger partial charge is 0.211 e. The predicted octanol–water partition coefficient (Wildman–Crippen LogP) is 2.31. The second kappa shape index (κ2) is 7.09. The number of benzene rings is 1. The molecule has 6 heteroatoms. The highest BCUT2D eigenvalue weighted by Crippen LogP contribution is 2.24. The molecule has 2 rings (SSSR count). The number of nitrogens with zero attached hydrogens (tertiary/aromatic N) is 1. The summed E-state index contributed by atoms with van der Waals surface area (Å²) in [4.78, 5) is 0. The van der Waals surface area contributed by atoms with Gasteiger partial charge in [-0.25, -0.2) is 12.7 Å². The van der Waals surface area contributed by atoms with Crippen molar-refractivity contribution in [3.63, 3.8) is 0 Å². The molecular weight excluding hydrogens is 310 g/mol. The number of piperidine rings is 1. The summed E-state index contributed by atoms with van der Waals surface area (Å²) in [5.74, 6) is 0.232. The van der Waals surface area contributed by atoms with Crippen LogP contribution in [0.2, 0.25) is 5.02 Å². The molecule has 1 aliphatic rings. The highest BCUT2D eigenvalue weighted by molar-refractivity contribution is 7.88. The molecule has 118 valence electrons. The van der Waals surface area contributed by atoms with E-state index in [2.05, 4.69) is 0 Å². The van der Waals surface area contributed by atoms with Crippen LogP contribution in [0.3, 0.4) is 0 Å². The van der Waals surface area contributed by atoms with Gasteiger partial charge < -0.3 is 5.11 Å². The summed E-state index contributed by atoms with van der Waals surface area (Å²) in [6.45, 7) is 1.12. The molecular formula is C15H22ClNO3S. The van der Waals surface area contributed by atoms with Gasteiger partial charge in [-0.1, -0.05) is 23.7 Å². The molecule has 2 atom stereocenters. The molecule has 1 saturated heterocycles. The Balaban J connectivity index is 1.87. The zero-order chi connectivity index (χ0) is 15.5. The summed E-state index contributed by atoms with van der Waals surface area (Å²) in [5, 5.41) is 10.9. The van der Waals surface area contributed by atoms with Crippen molar-refractivity contribution in [1.82, 2.24) is 4.31 Å². The Bertz CT molecular complexity index is 559. The van der Waals surface area contributed by atoms with Crippen molar-refractivity contribution in [2.24, 2.45) is 5.92 Å². The minimum atomic E-state index is -3.12. The third-order valence-corrected chi connectivity index (χ3v) is 5.46. The Kier molecular flexibility index (Phi) is 5.66. The molecule has 0 spiro atoms. The molecule has 1 aromatic rings. The van der Waals surface area contributed by atoms with E-state index in [9.17, 15) is 13.5 Å². The van der Waals surface area contributed by atoms with Crippen molar-refractivity contribution < 1.29 is 13.5 Å². The second-order valence-corrected chi connectivity index (χ2v) is 8.27. The van der Waals surface area contributed by atoms with E-state index in [0.29, 0.717) is 31.0 Å². The quantitative estimate of drug-likeness (QED) is 0.900. The van der Waals surface area contributed by atoms with Crippen molar-refractivity contribution in [1.29, 1.82) is 0 Å². The Labute approximate surface area is 131 Å². The van der Waals surface area contributed by atoms with Gasteiger partial charge in [-0.3, -0.25) is 0 Å². The number of halogens is 1. The highest BCUT2D eigenvalue weighted by Gasteiger charge is 2.27. The first-order valence-corrected chi connectivity index (χ1v) is 9.45. The van der Waals surface area contributed by atoms with E-state index in [1.807, 2.05) is 24.3 Å². The molecule has 2 unspecified atom stereocenters. The molecule has 0 bridgehead atoms. The van der Waals surface area contributed by atoms with Gasteiger partial charge in [0.15, 0.2) is 0 Å². The third kappa shape index (κ3) is 5.25. The molecule has 0 radical (unpaired) electrons. The van der Waals surface area contributed by atoms with Gasteiger partial charge in [-0.15, -0.1) is 0 Å². The molecule has 1 aromatic carbocycles. The topological polar surface area (TPSA) is 57.6 Å². The summed E-state index contributed by atoms with van der Waals surface area (Å²) in [6.07, 6.45) is 3.85. The van der Waals surface area contributed by atoms with E-state index in [1.165, 1.54) is 10.6 Å². The molecule has 21 heavy (non-hydrogen) atoms. The Morgan fingerprint density at radius 3 is 2.67 bits per heavy atom. The van der Waals surface area contributed by atoms with Crippen molar-refractivity contribution >= 4 is 21.6 Å². The largest absolute Gasteiger partial charge is 0.393 e. The van der Waals surface area contributed by atoms with Gasteiger partial charge in [0, 0.05) is 18.1 Å². The lowest BCUT2D eigenvalue weighted by molar-refractivity contribution is 0.122. The minimum absolute atomic E-state index is 0.232. The number of aliphatic hydroxyl groups excluding tert-OH is 1. The van der Waals surface area contributed by atoms with Crippen LogP contribution in [-0.2, 0) is 16.4 Å². The first-order valence-electron chi connectivity index (χ1n) is 7.22. The molecule has 0 amide bonds. The Hall–Kier alpha value is -0.620. The molecule has 1 heterocycles. The van der Waals surface area contributed by atoms with Crippen LogP contribution in [0.15, 0.2) is 24.3 Å². The second-order valence-electron chi connectivity index (χ2n) is 5.85. The SMILES string of the molecule is CS(=O)(=O)N1CCCC(CC(O)Cc2ccc(Cl)cc2)C1. The lowest BCUT2D eigenvalue weighted by Crippen LogP contribution is -2.40. The standard InChI is InChI=1S/C15H22ClNO3S/c1-21(19,20)17-8-2-3-13(11-17)10-15(18)9-12-4-6-14(16)7-5-12/h4-7,13,15,18H,2-3,8-11H2,1H3. The van der Waals surface area contributed by atoms with E-state index in [4.69, 9.17) is 11.6 Å². The van der Waals surface area contributed by atoms with Crippen LogP contribution in [0.4, 0.5) is 0 Å². The van der Waals surface area contributed by atoms with Crippen molar-refractivity contribution in [2.45, 2.75) is 31.8 Å². The van der Waals surface area contributed by atoms with Gasteiger partial charge in [0.25, 0.3) is 0 Å². The molecule has 1 aliphatic heterocycles. The Morgan fingerprint density at radius 1 is 1.38 bits per heavy atom. The van der Waals surface area contributed by atoms with Crippen LogP contribution in [0.1, 0.15) is 24.8 Å². The monoisotopic (exact) mass is 331 g/mol. The van der Waals surface area contributed by atoms with E-state index in [1.54, 1.807) is 0 Å². The van der Waals surface area contributed by atoms with E-state index in [-0.39, 0.29) is 5.92 Å². The normalized spacial score (nSPS) is 22.1. The van der Waals surface area contributed by atoms with Crippen LogP contribution in [0.5, 0.6) is 0 Å². The average Bonchev–Trinajstić information content (AvgIpc) is 2.41.